The quantitative estimate of drug-likeness (QED) is 0.144. The zero-order chi connectivity index (χ0) is 51.2. The third-order valence-corrected chi connectivity index (χ3v) is 15.6. The van der Waals surface area contributed by atoms with Crippen molar-refractivity contribution in [3.05, 3.63) is 239 Å². The van der Waals surface area contributed by atoms with Gasteiger partial charge in [-0.3, -0.25) is 0 Å². The summed E-state index contributed by atoms with van der Waals surface area (Å²) in [6.07, 6.45) is 0. The van der Waals surface area contributed by atoms with Gasteiger partial charge in [-0.2, -0.15) is 0 Å². The molecule has 364 valence electrons. The summed E-state index contributed by atoms with van der Waals surface area (Å²) in [4.78, 5) is 4.87. The van der Waals surface area contributed by atoms with Crippen LogP contribution in [-0.2, 0) is 0 Å². The number of furan rings is 2. The molecule has 2 aromatic heterocycles. The maximum atomic E-state index is 7.03. The number of hydrogen-bond donors (Lipinski definition) is 0. The Hall–Kier alpha value is -8.86. The largest absolute Gasteiger partial charge is 0.456 e. The van der Waals surface area contributed by atoms with Crippen molar-refractivity contribution in [2.24, 2.45) is 0 Å². The molecule has 0 atom stereocenters. The fourth-order valence-electron chi connectivity index (χ4n) is 12.0. The maximum absolute atomic E-state index is 7.03. The summed E-state index contributed by atoms with van der Waals surface area (Å²) < 4.78 is 14.1. The number of aryl methyl sites for hydroxylation is 6. The molecule has 4 nitrogen and oxygen atoms in total. The van der Waals surface area contributed by atoms with E-state index in [4.69, 9.17) is 8.83 Å². The van der Waals surface area contributed by atoms with E-state index < -0.39 is 0 Å². The lowest BCUT2D eigenvalue weighted by Crippen LogP contribution is -2.14. The van der Waals surface area contributed by atoms with Gasteiger partial charge in [0.1, 0.15) is 22.3 Å². The van der Waals surface area contributed by atoms with Crippen LogP contribution in [0.1, 0.15) is 58.7 Å². The molecule has 0 N–H and O–H groups in total. The first-order chi connectivity index (χ1) is 36.5. The number of nitrogens with zero attached hydrogens (tertiary/aromatic N) is 2. The zero-order valence-electron chi connectivity index (χ0n) is 43.8. The minimum atomic E-state index is 0.143. The lowest BCUT2D eigenvalue weighted by Gasteiger charge is -2.30. The topological polar surface area (TPSA) is 32.8 Å². The third kappa shape index (κ3) is 7.74. The van der Waals surface area contributed by atoms with Gasteiger partial charge >= 0.3 is 0 Å². The van der Waals surface area contributed by atoms with Gasteiger partial charge in [0.2, 0.25) is 0 Å². The van der Waals surface area contributed by atoms with Crippen LogP contribution in [0.2, 0.25) is 0 Å². The van der Waals surface area contributed by atoms with Gasteiger partial charge in [-0.25, -0.2) is 0 Å². The van der Waals surface area contributed by atoms with Crippen molar-refractivity contribution in [2.75, 3.05) is 9.80 Å². The Morgan fingerprint density at radius 3 is 1.12 bits per heavy atom. The molecule has 13 rings (SSSR count). The molecular formula is C71H58N2O2. The Labute approximate surface area is 438 Å². The van der Waals surface area contributed by atoms with Crippen LogP contribution >= 0.6 is 0 Å². The van der Waals surface area contributed by atoms with Crippen molar-refractivity contribution in [3.8, 4) is 22.3 Å². The highest BCUT2D eigenvalue weighted by Crippen LogP contribution is 2.48. The first-order valence-electron chi connectivity index (χ1n) is 26.2. The van der Waals surface area contributed by atoms with E-state index in [1.165, 1.54) is 67.0 Å². The Bertz CT molecular complexity index is 4090. The van der Waals surface area contributed by atoms with Crippen LogP contribution in [0.5, 0.6) is 0 Å². The molecule has 2 heterocycles. The lowest BCUT2D eigenvalue weighted by atomic mass is 9.95. The van der Waals surface area contributed by atoms with Crippen LogP contribution in [0.25, 0.3) is 87.7 Å². The Kier molecular flexibility index (Phi) is 11.0. The van der Waals surface area contributed by atoms with E-state index in [1.54, 1.807) is 0 Å². The van der Waals surface area contributed by atoms with Crippen molar-refractivity contribution in [3.63, 3.8) is 0 Å². The zero-order valence-corrected chi connectivity index (χ0v) is 43.8. The summed E-state index contributed by atoms with van der Waals surface area (Å²) in [7, 11) is 0. The van der Waals surface area contributed by atoms with E-state index in [0.29, 0.717) is 0 Å². The summed E-state index contributed by atoms with van der Waals surface area (Å²) in [6.45, 7) is 17.8. The molecular weight excluding hydrogens is 913 g/mol. The van der Waals surface area contributed by atoms with Gasteiger partial charge in [0.05, 0.1) is 11.4 Å². The van der Waals surface area contributed by atoms with Gasteiger partial charge in [0.15, 0.2) is 0 Å². The monoisotopic (exact) mass is 970 g/mol. The summed E-state index contributed by atoms with van der Waals surface area (Å²) in [5, 5.41) is 8.98. The van der Waals surface area contributed by atoms with Crippen molar-refractivity contribution in [1.82, 2.24) is 0 Å². The number of fused-ring (bicyclic) bond motifs is 8. The molecule has 0 saturated heterocycles. The first kappa shape index (κ1) is 46.0. The molecule has 0 bridgehead atoms. The molecule has 0 unspecified atom stereocenters. The normalized spacial score (nSPS) is 11.9. The Morgan fingerprint density at radius 2 is 0.733 bits per heavy atom. The van der Waals surface area contributed by atoms with Crippen LogP contribution in [0.15, 0.2) is 209 Å². The summed E-state index contributed by atoms with van der Waals surface area (Å²) in [6, 6.07) is 73.2. The number of anilines is 6. The molecule has 0 amide bonds. The molecule has 75 heavy (non-hydrogen) atoms. The van der Waals surface area contributed by atoms with Gasteiger partial charge in [0, 0.05) is 49.9 Å². The van der Waals surface area contributed by atoms with Crippen molar-refractivity contribution in [2.45, 2.75) is 61.3 Å². The van der Waals surface area contributed by atoms with Gasteiger partial charge < -0.3 is 18.6 Å². The highest BCUT2D eigenvalue weighted by atomic mass is 16.3. The predicted octanol–water partition coefficient (Wildman–Crippen LogP) is 21.0. The second kappa shape index (κ2) is 18.0. The van der Waals surface area contributed by atoms with Crippen LogP contribution in [-0.4, -0.2) is 0 Å². The second-order valence-electron chi connectivity index (χ2n) is 21.0. The van der Waals surface area contributed by atoms with E-state index in [0.717, 1.165) is 93.7 Å². The molecule has 0 fully saturated rings. The van der Waals surface area contributed by atoms with Crippen LogP contribution < -0.4 is 9.80 Å². The fourth-order valence-corrected chi connectivity index (χ4v) is 12.0. The van der Waals surface area contributed by atoms with E-state index >= 15 is 0 Å². The number of para-hydroxylation sites is 2. The number of benzene rings is 11. The van der Waals surface area contributed by atoms with Crippen LogP contribution in [0.4, 0.5) is 34.1 Å². The summed E-state index contributed by atoms with van der Waals surface area (Å²) in [5.41, 5.74) is 23.6. The molecule has 0 aliphatic heterocycles. The van der Waals surface area contributed by atoms with Crippen LogP contribution in [0.3, 0.4) is 0 Å². The van der Waals surface area contributed by atoms with E-state index in [1.807, 2.05) is 0 Å². The highest BCUT2D eigenvalue weighted by molar-refractivity contribution is 6.20. The molecule has 0 saturated carbocycles. The first-order valence-corrected chi connectivity index (χ1v) is 26.2. The minimum Gasteiger partial charge on any atom is -0.456 e. The SMILES string of the molecule is Cc1cc(-c2ccccc2)ccc1N(c1ccc2cc3c(cc2c1)oc1c(C(C)C)c2oc4cc5cc(N(c6ccc(-c7ccccc7)cc6C)c6c(C)cccc6C)ccc5cc4c2cc13)c1c(C)cccc1C. The molecule has 4 heteroatoms. The van der Waals surface area contributed by atoms with E-state index in [2.05, 4.69) is 265 Å². The van der Waals surface area contributed by atoms with Gasteiger partial charge in [-0.1, -0.05) is 135 Å². The lowest BCUT2D eigenvalue weighted by molar-refractivity contribution is 0.638. The molecule has 0 aliphatic carbocycles. The van der Waals surface area contributed by atoms with Crippen molar-refractivity contribution in [1.29, 1.82) is 0 Å². The van der Waals surface area contributed by atoms with Crippen molar-refractivity contribution < 1.29 is 8.83 Å². The average molecular weight is 971 g/mol. The molecule has 0 radical (unpaired) electrons. The molecule has 13 aromatic rings. The average Bonchev–Trinajstić information content (AvgIpc) is 3.96. The second-order valence-corrected chi connectivity index (χ2v) is 21.0. The molecule has 11 aromatic carbocycles. The Morgan fingerprint density at radius 1 is 0.320 bits per heavy atom. The summed E-state index contributed by atoms with van der Waals surface area (Å²) >= 11 is 0. The standard InChI is InChI=1S/C71H58N2O2/c1-42(2)67-70-61(59-37-53-25-29-57(35-55(53)39-65(59)74-70)72(68-43(3)17-15-18-44(68)4)63-31-27-51(33-47(63)7)49-21-11-9-12-22-49)41-62-60-38-54-26-30-58(36-56(54)40-66(60)75-71(62)67)73(69-45(5)19-16-20-46(69)6)64-32-28-52(34-48(64)8)50-23-13-10-14-24-50/h9-42H,1-8H3. The van der Waals surface area contributed by atoms with Gasteiger partial charge in [-0.15, -0.1) is 0 Å². The fraction of sp³-hybridized carbons (Fsp3) is 0.127. The van der Waals surface area contributed by atoms with Gasteiger partial charge in [-0.05, 0) is 204 Å². The van der Waals surface area contributed by atoms with E-state index in [9.17, 15) is 0 Å². The van der Waals surface area contributed by atoms with Crippen LogP contribution in [0, 0.1) is 41.5 Å². The minimum absolute atomic E-state index is 0.143. The highest BCUT2D eigenvalue weighted by Gasteiger charge is 2.25. The molecule has 0 aliphatic rings. The predicted molar refractivity (Wildman–Crippen MR) is 319 cm³/mol. The summed E-state index contributed by atoms with van der Waals surface area (Å²) in [5.74, 6) is 0.143. The Balaban J connectivity index is 0.927. The number of hydrogen-bond acceptors (Lipinski definition) is 4. The number of rotatable bonds is 9. The third-order valence-electron chi connectivity index (χ3n) is 15.6. The van der Waals surface area contributed by atoms with Crippen molar-refractivity contribution >= 4 is 99.5 Å². The smallest absolute Gasteiger partial charge is 0.142 e. The molecule has 0 spiro atoms. The maximum Gasteiger partial charge on any atom is 0.142 e. The van der Waals surface area contributed by atoms with Gasteiger partial charge in [0.25, 0.3) is 0 Å². The van der Waals surface area contributed by atoms with E-state index in [-0.39, 0.29) is 5.92 Å².